The van der Waals surface area contributed by atoms with E-state index in [1.54, 1.807) is 0 Å². The first kappa shape index (κ1) is 18.4. The lowest BCUT2D eigenvalue weighted by atomic mass is 9.98. The molecule has 0 aliphatic carbocycles. The molecule has 1 atom stereocenters. The first-order chi connectivity index (χ1) is 9.91. The van der Waals surface area contributed by atoms with Gasteiger partial charge in [-0.3, -0.25) is 9.69 Å². The van der Waals surface area contributed by atoms with Gasteiger partial charge in [0.15, 0.2) is 0 Å². The number of piperazine rings is 1. The van der Waals surface area contributed by atoms with E-state index in [4.69, 9.17) is 4.74 Å². The maximum absolute atomic E-state index is 11.8. The third-order valence-corrected chi connectivity index (χ3v) is 4.44. The van der Waals surface area contributed by atoms with Gasteiger partial charge in [0.1, 0.15) is 5.54 Å². The van der Waals surface area contributed by atoms with Crippen molar-refractivity contribution in [1.29, 1.82) is 0 Å². The van der Waals surface area contributed by atoms with Crippen molar-refractivity contribution < 1.29 is 9.53 Å². The Kier molecular flexibility index (Phi) is 7.59. The molecule has 0 spiro atoms. The van der Waals surface area contributed by atoms with Crippen LogP contribution in [0.5, 0.6) is 0 Å². The molecule has 1 saturated heterocycles. The van der Waals surface area contributed by atoms with Gasteiger partial charge in [-0.05, 0) is 34.5 Å². The Labute approximate surface area is 129 Å². The summed E-state index contributed by atoms with van der Waals surface area (Å²) in [6.07, 6.45) is 0.772. The van der Waals surface area contributed by atoms with Crippen molar-refractivity contribution in [3.63, 3.8) is 0 Å². The molecule has 1 heterocycles. The number of hydrogen-bond acceptors (Lipinski definition) is 6. The normalized spacial score (nSPS) is 20.5. The highest BCUT2D eigenvalue weighted by molar-refractivity contribution is 5.80. The van der Waals surface area contributed by atoms with E-state index in [1.165, 1.54) is 7.11 Å². The van der Waals surface area contributed by atoms with E-state index < -0.39 is 5.54 Å². The summed E-state index contributed by atoms with van der Waals surface area (Å²) in [5.41, 5.74) is -0.587. The first-order valence-electron chi connectivity index (χ1n) is 7.78. The lowest BCUT2D eigenvalue weighted by Gasteiger charge is -2.36. The fourth-order valence-electron chi connectivity index (χ4n) is 2.51. The highest BCUT2D eigenvalue weighted by Crippen LogP contribution is 2.13. The van der Waals surface area contributed by atoms with E-state index >= 15 is 0 Å². The molecule has 1 fully saturated rings. The van der Waals surface area contributed by atoms with Crippen molar-refractivity contribution in [2.75, 3.05) is 74.1 Å². The maximum atomic E-state index is 11.8. The van der Waals surface area contributed by atoms with Crippen LogP contribution in [0.3, 0.4) is 0 Å². The number of rotatable bonds is 8. The molecule has 124 valence electrons. The number of nitrogens with one attached hydrogen (secondary N) is 1. The fraction of sp³-hybridized carbons (Fsp3) is 0.933. The van der Waals surface area contributed by atoms with Gasteiger partial charge in [-0.1, -0.05) is 0 Å². The van der Waals surface area contributed by atoms with Gasteiger partial charge in [-0.25, -0.2) is 0 Å². The van der Waals surface area contributed by atoms with Gasteiger partial charge in [0.25, 0.3) is 0 Å². The minimum atomic E-state index is -0.587. The first-order valence-corrected chi connectivity index (χ1v) is 7.78. The smallest absolute Gasteiger partial charge is 0.325 e. The summed E-state index contributed by atoms with van der Waals surface area (Å²) in [7, 11) is 7.49. The van der Waals surface area contributed by atoms with Crippen LogP contribution in [0.25, 0.3) is 0 Å². The number of hydrogen-bond donors (Lipinski definition) is 1. The zero-order chi connectivity index (χ0) is 15.9. The molecule has 1 N–H and O–H groups in total. The zero-order valence-corrected chi connectivity index (χ0v) is 14.3. The van der Waals surface area contributed by atoms with Gasteiger partial charge in [0.2, 0.25) is 0 Å². The number of methoxy groups -OCH3 is 1. The topological polar surface area (TPSA) is 48.0 Å². The van der Waals surface area contributed by atoms with E-state index in [-0.39, 0.29) is 5.97 Å². The summed E-state index contributed by atoms with van der Waals surface area (Å²) in [5, 5.41) is 3.09. The lowest BCUT2D eigenvalue weighted by Crippen LogP contribution is -2.53. The van der Waals surface area contributed by atoms with E-state index in [9.17, 15) is 4.79 Å². The number of esters is 1. The van der Waals surface area contributed by atoms with Gasteiger partial charge >= 0.3 is 5.97 Å². The summed E-state index contributed by atoms with van der Waals surface area (Å²) < 4.78 is 4.88. The van der Waals surface area contributed by atoms with Crippen molar-refractivity contribution >= 4 is 5.97 Å². The molecule has 0 radical (unpaired) electrons. The van der Waals surface area contributed by atoms with Crippen LogP contribution in [0.2, 0.25) is 0 Å². The van der Waals surface area contributed by atoms with Gasteiger partial charge in [0, 0.05) is 45.8 Å². The van der Waals surface area contributed by atoms with Crippen LogP contribution >= 0.6 is 0 Å². The molecule has 1 aliphatic rings. The third-order valence-electron chi connectivity index (χ3n) is 4.44. The molecular weight excluding hydrogens is 268 g/mol. The van der Waals surface area contributed by atoms with Crippen molar-refractivity contribution in [3.8, 4) is 0 Å². The van der Waals surface area contributed by atoms with Crippen LogP contribution in [0, 0.1) is 0 Å². The number of ether oxygens (including phenoxy) is 1. The maximum Gasteiger partial charge on any atom is 0.325 e. The summed E-state index contributed by atoms with van der Waals surface area (Å²) in [6, 6.07) is 0. The number of carbonyl (C=O) groups excluding carboxylic acids is 1. The summed E-state index contributed by atoms with van der Waals surface area (Å²) in [5.74, 6) is -0.186. The molecule has 1 rings (SSSR count). The zero-order valence-electron chi connectivity index (χ0n) is 14.3. The van der Waals surface area contributed by atoms with Gasteiger partial charge < -0.3 is 19.9 Å². The Bertz CT molecular complexity index is 317. The van der Waals surface area contributed by atoms with Crippen LogP contribution in [0.4, 0.5) is 0 Å². The Balaban J connectivity index is 2.31. The second kappa shape index (κ2) is 8.68. The molecular formula is C15H32N4O2. The molecule has 1 aliphatic heterocycles. The lowest BCUT2D eigenvalue weighted by molar-refractivity contribution is -0.148. The predicted octanol–water partition coefficient (Wildman–Crippen LogP) is -0.293. The third kappa shape index (κ3) is 5.90. The van der Waals surface area contributed by atoms with Crippen molar-refractivity contribution in [1.82, 2.24) is 20.0 Å². The molecule has 0 aromatic carbocycles. The van der Waals surface area contributed by atoms with E-state index in [1.807, 2.05) is 14.0 Å². The SMILES string of the molecule is CNC(C)(CCN1CCN(CCN(C)C)CC1)C(=O)OC. The van der Waals surface area contributed by atoms with Gasteiger partial charge in [0.05, 0.1) is 7.11 Å². The quantitative estimate of drug-likeness (QED) is 0.622. The summed E-state index contributed by atoms with van der Waals surface area (Å²) in [6.45, 7) is 9.46. The van der Waals surface area contributed by atoms with E-state index in [0.29, 0.717) is 0 Å². The fourth-order valence-corrected chi connectivity index (χ4v) is 2.51. The Morgan fingerprint density at radius 3 is 2.14 bits per heavy atom. The van der Waals surface area contributed by atoms with Crippen molar-refractivity contribution in [2.24, 2.45) is 0 Å². The highest BCUT2D eigenvalue weighted by Gasteiger charge is 2.33. The molecule has 0 bridgehead atoms. The van der Waals surface area contributed by atoms with Gasteiger partial charge in [-0.2, -0.15) is 0 Å². The van der Waals surface area contributed by atoms with E-state index in [2.05, 4.69) is 34.1 Å². The van der Waals surface area contributed by atoms with Crippen molar-refractivity contribution in [2.45, 2.75) is 18.9 Å². The van der Waals surface area contributed by atoms with Crippen LogP contribution in [-0.4, -0.2) is 100 Å². The largest absolute Gasteiger partial charge is 0.468 e. The highest BCUT2D eigenvalue weighted by atomic mass is 16.5. The second-order valence-electron chi connectivity index (χ2n) is 6.31. The Morgan fingerprint density at radius 1 is 1.19 bits per heavy atom. The van der Waals surface area contributed by atoms with Crippen LogP contribution in [-0.2, 0) is 9.53 Å². The molecule has 0 aromatic rings. The Hall–Kier alpha value is -0.690. The molecule has 6 heteroatoms. The van der Waals surface area contributed by atoms with Crippen LogP contribution < -0.4 is 5.32 Å². The monoisotopic (exact) mass is 300 g/mol. The van der Waals surface area contributed by atoms with Gasteiger partial charge in [-0.15, -0.1) is 0 Å². The molecule has 0 saturated carbocycles. The molecule has 6 nitrogen and oxygen atoms in total. The molecule has 0 amide bonds. The molecule has 1 unspecified atom stereocenters. The van der Waals surface area contributed by atoms with Crippen molar-refractivity contribution in [3.05, 3.63) is 0 Å². The number of carbonyl (C=O) groups is 1. The standard InChI is InChI=1S/C15H32N4O2/c1-15(16-2,14(20)21-5)6-7-18-10-12-19(13-11-18)9-8-17(3)4/h16H,6-13H2,1-5H3. The summed E-state index contributed by atoms with van der Waals surface area (Å²) in [4.78, 5) is 19.0. The van der Waals surface area contributed by atoms with E-state index in [0.717, 1.165) is 52.2 Å². The predicted molar refractivity (Wildman–Crippen MR) is 85.5 cm³/mol. The summed E-state index contributed by atoms with van der Waals surface area (Å²) >= 11 is 0. The average molecular weight is 300 g/mol. The molecule has 0 aromatic heterocycles. The minimum absolute atomic E-state index is 0.186. The number of nitrogens with zero attached hydrogens (tertiary/aromatic N) is 3. The van der Waals surface area contributed by atoms with Crippen LogP contribution in [0.1, 0.15) is 13.3 Å². The van der Waals surface area contributed by atoms with Crippen LogP contribution in [0.15, 0.2) is 0 Å². The number of likely N-dealkylation sites (N-methyl/N-ethyl adjacent to an activating group) is 2. The average Bonchev–Trinajstić information content (AvgIpc) is 2.50. The minimum Gasteiger partial charge on any atom is -0.468 e. The Morgan fingerprint density at radius 2 is 1.71 bits per heavy atom. The molecule has 21 heavy (non-hydrogen) atoms. The second-order valence-corrected chi connectivity index (χ2v) is 6.31.